The maximum atomic E-state index is 3.79. The minimum Gasteiger partial charge on any atom is -0.314 e. The smallest absolute Gasteiger partial charge is 0.0136 e. The third-order valence-corrected chi connectivity index (χ3v) is 5.57. The molecule has 0 heterocycles. The van der Waals surface area contributed by atoms with Crippen molar-refractivity contribution in [3.05, 3.63) is 34.9 Å². The molecule has 21 heavy (non-hydrogen) atoms. The van der Waals surface area contributed by atoms with E-state index in [0.29, 0.717) is 6.04 Å². The normalized spacial score (nSPS) is 24.0. The zero-order valence-corrected chi connectivity index (χ0v) is 14.4. The highest BCUT2D eigenvalue weighted by Gasteiger charge is 2.27. The number of rotatable bonds is 6. The van der Waals surface area contributed by atoms with Gasteiger partial charge in [-0.2, -0.15) is 0 Å². The number of aryl methyl sites for hydroxylation is 2. The molecule has 0 bridgehead atoms. The average molecular weight is 287 g/mol. The van der Waals surface area contributed by atoms with Crippen LogP contribution in [0.5, 0.6) is 0 Å². The first kappa shape index (κ1) is 16.5. The monoisotopic (exact) mass is 287 g/mol. The first-order chi connectivity index (χ1) is 10.2. The molecular weight excluding hydrogens is 254 g/mol. The molecule has 1 fully saturated rings. The molecule has 1 atom stereocenters. The van der Waals surface area contributed by atoms with Gasteiger partial charge in [-0.3, -0.25) is 0 Å². The third kappa shape index (κ3) is 4.32. The molecule has 1 aromatic carbocycles. The quantitative estimate of drug-likeness (QED) is 0.773. The molecule has 1 unspecified atom stereocenters. The summed E-state index contributed by atoms with van der Waals surface area (Å²) >= 11 is 0. The lowest BCUT2D eigenvalue weighted by molar-refractivity contribution is 0.217. The van der Waals surface area contributed by atoms with E-state index in [0.717, 1.165) is 18.4 Å². The van der Waals surface area contributed by atoms with Crippen molar-refractivity contribution in [3.8, 4) is 0 Å². The van der Waals surface area contributed by atoms with Crippen molar-refractivity contribution >= 4 is 0 Å². The SMILES string of the molecule is CCNC(Cc1c(C)cccc1C)C1CCC(CC)CC1. The van der Waals surface area contributed by atoms with E-state index in [-0.39, 0.29) is 0 Å². The Morgan fingerprint density at radius 3 is 2.19 bits per heavy atom. The first-order valence-corrected chi connectivity index (χ1v) is 8.94. The van der Waals surface area contributed by atoms with E-state index in [4.69, 9.17) is 0 Å². The van der Waals surface area contributed by atoms with E-state index < -0.39 is 0 Å². The van der Waals surface area contributed by atoms with E-state index >= 15 is 0 Å². The molecule has 118 valence electrons. The van der Waals surface area contributed by atoms with Gasteiger partial charge in [0, 0.05) is 6.04 Å². The number of nitrogens with one attached hydrogen (secondary N) is 1. The largest absolute Gasteiger partial charge is 0.314 e. The second kappa shape index (κ2) is 7.98. The topological polar surface area (TPSA) is 12.0 Å². The van der Waals surface area contributed by atoms with Crippen LogP contribution in [0.1, 0.15) is 62.6 Å². The molecule has 1 N–H and O–H groups in total. The predicted octanol–water partition coefficient (Wildman–Crippen LogP) is 5.04. The highest BCUT2D eigenvalue weighted by atomic mass is 14.9. The van der Waals surface area contributed by atoms with Gasteiger partial charge in [-0.15, -0.1) is 0 Å². The van der Waals surface area contributed by atoms with E-state index in [9.17, 15) is 0 Å². The minimum atomic E-state index is 0.660. The zero-order valence-electron chi connectivity index (χ0n) is 14.4. The Hall–Kier alpha value is -0.820. The van der Waals surface area contributed by atoms with Gasteiger partial charge in [0.05, 0.1) is 0 Å². The van der Waals surface area contributed by atoms with Crippen molar-refractivity contribution in [1.29, 1.82) is 0 Å². The molecule has 0 amide bonds. The second-order valence-corrected chi connectivity index (χ2v) is 6.93. The second-order valence-electron chi connectivity index (χ2n) is 6.93. The van der Waals surface area contributed by atoms with Gasteiger partial charge in [0.1, 0.15) is 0 Å². The van der Waals surface area contributed by atoms with Crippen LogP contribution >= 0.6 is 0 Å². The summed E-state index contributed by atoms with van der Waals surface area (Å²) in [5.74, 6) is 1.86. The molecule has 0 saturated heterocycles. The number of hydrogen-bond acceptors (Lipinski definition) is 1. The van der Waals surface area contributed by atoms with Gasteiger partial charge in [0.2, 0.25) is 0 Å². The van der Waals surface area contributed by atoms with Gasteiger partial charge in [-0.05, 0) is 68.2 Å². The summed E-state index contributed by atoms with van der Waals surface area (Å²) in [5.41, 5.74) is 4.49. The maximum Gasteiger partial charge on any atom is 0.0136 e. The zero-order chi connectivity index (χ0) is 15.2. The van der Waals surface area contributed by atoms with Crippen molar-refractivity contribution in [1.82, 2.24) is 5.32 Å². The van der Waals surface area contributed by atoms with Gasteiger partial charge >= 0.3 is 0 Å². The van der Waals surface area contributed by atoms with Crippen LogP contribution in [0.4, 0.5) is 0 Å². The molecule has 0 aliphatic heterocycles. The minimum absolute atomic E-state index is 0.660. The average Bonchev–Trinajstić information content (AvgIpc) is 2.50. The fraction of sp³-hybridized carbons (Fsp3) is 0.700. The number of hydrogen-bond donors (Lipinski definition) is 1. The van der Waals surface area contributed by atoms with Crippen molar-refractivity contribution in [2.24, 2.45) is 11.8 Å². The fourth-order valence-electron chi connectivity index (χ4n) is 4.06. The summed E-state index contributed by atoms with van der Waals surface area (Å²) in [7, 11) is 0. The Balaban J connectivity index is 2.05. The van der Waals surface area contributed by atoms with Crippen molar-refractivity contribution in [3.63, 3.8) is 0 Å². The Morgan fingerprint density at radius 1 is 1.05 bits per heavy atom. The van der Waals surface area contributed by atoms with Crippen molar-refractivity contribution < 1.29 is 0 Å². The van der Waals surface area contributed by atoms with Crippen LogP contribution in [0.3, 0.4) is 0 Å². The Kier molecular flexibility index (Phi) is 6.29. The molecule has 0 spiro atoms. The molecular formula is C20H33N. The van der Waals surface area contributed by atoms with Crippen LogP contribution in [0, 0.1) is 25.7 Å². The Morgan fingerprint density at radius 2 is 1.67 bits per heavy atom. The molecule has 1 nitrogen and oxygen atoms in total. The lowest BCUT2D eigenvalue weighted by Gasteiger charge is -2.34. The summed E-state index contributed by atoms with van der Waals surface area (Å²) in [6.07, 6.45) is 8.29. The van der Waals surface area contributed by atoms with E-state index in [1.54, 1.807) is 5.56 Å². The Labute approximate surface area is 131 Å². The summed E-state index contributed by atoms with van der Waals surface area (Å²) in [6.45, 7) is 10.2. The van der Waals surface area contributed by atoms with Crippen LogP contribution in [-0.2, 0) is 6.42 Å². The maximum absolute atomic E-state index is 3.79. The summed E-state index contributed by atoms with van der Waals surface area (Å²) in [6, 6.07) is 7.37. The highest BCUT2D eigenvalue weighted by molar-refractivity contribution is 5.34. The number of benzene rings is 1. The molecule has 0 radical (unpaired) electrons. The first-order valence-electron chi connectivity index (χ1n) is 8.94. The van der Waals surface area contributed by atoms with E-state index in [2.05, 4.69) is 51.2 Å². The third-order valence-electron chi connectivity index (χ3n) is 5.57. The summed E-state index contributed by atoms with van der Waals surface area (Å²) < 4.78 is 0. The lowest BCUT2D eigenvalue weighted by Crippen LogP contribution is -2.40. The van der Waals surface area contributed by atoms with Gasteiger partial charge in [-0.25, -0.2) is 0 Å². The fourth-order valence-corrected chi connectivity index (χ4v) is 4.06. The van der Waals surface area contributed by atoms with Gasteiger partial charge in [-0.1, -0.05) is 51.3 Å². The van der Waals surface area contributed by atoms with Crippen LogP contribution in [-0.4, -0.2) is 12.6 Å². The van der Waals surface area contributed by atoms with Crippen LogP contribution in [0.25, 0.3) is 0 Å². The summed E-state index contributed by atoms with van der Waals surface area (Å²) in [4.78, 5) is 0. The molecule has 1 aliphatic carbocycles. The van der Waals surface area contributed by atoms with Crippen LogP contribution in [0.15, 0.2) is 18.2 Å². The molecule has 1 aliphatic rings. The van der Waals surface area contributed by atoms with Gasteiger partial charge in [0.15, 0.2) is 0 Å². The Bertz CT molecular complexity index is 409. The molecule has 1 heteroatoms. The molecule has 1 aromatic rings. The van der Waals surface area contributed by atoms with Gasteiger partial charge in [0.25, 0.3) is 0 Å². The highest BCUT2D eigenvalue weighted by Crippen LogP contribution is 2.33. The predicted molar refractivity (Wildman–Crippen MR) is 92.8 cm³/mol. The van der Waals surface area contributed by atoms with Crippen LogP contribution in [0.2, 0.25) is 0 Å². The standard InChI is InChI=1S/C20H33N/c1-5-17-10-12-18(13-11-17)20(21-6-2)14-19-15(3)8-7-9-16(19)4/h7-9,17-18,20-21H,5-6,10-14H2,1-4H3. The van der Waals surface area contributed by atoms with E-state index in [1.807, 2.05) is 0 Å². The number of likely N-dealkylation sites (N-methyl/N-ethyl adjacent to an activating group) is 1. The van der Waals surface area contributed by atoms with Crippen LogP contribution < -0.4 is 5.32 Å². The van der Waals surface area contributed by atoms with E-state index in [1.165, 1.54) is 49.7 Å². The molecule has 0 aromatic heterocycles. The molecule has 1 saturated carbocycles. The lowest BCUT2D eigenvalue weighted by atomic mass is 9.76. The van der Waals surface area contributed by atoms with Crippen molar-refractivity contribution in [2.45, 2.75) is 72.3 Å². The van der Waals surface area contributed by atoms with Gasteiger partial charge < -0.3 is 5.32 Å². The molecule has 2 rings (SSSR count). The summed E-state index contributed by atoms with van der Waals surface area (Å²) in [5, 5.41) is 3.79. The van der Waals surface area contributed by atoms with Crippen molar-refractivity contribution in [2.75, 3.05) is 6.54 Å².